The number of halogens is 5. The van der Waals surface area contributed by atoms with Gasteiger partial charge in [0.25, 0.3) is 0 Å². The predicted octanol–water partition coefficient (Wildman–Crippen LogP) is 5.75. The maximum atomic E-state index is 13.5. The first kappa shape index (κ1) is 15.5. The van der Waals surface area contributed by atoms with Crippen molar-refractivity contribution in [3.05, 3.63) is 63.1 Å². The van der Waals surface area contributed by atoms with Crippen molar-refractivity contribution in [1.82, 2.24) is 0 Å². The maximum absolute atomic E-state index is 13.5. The molecule has 0 N–H and O–H groups in total. The van der Waals surface area contributed by atoms with Crippen LogP contribution in [0.5, 0.6) is 5.75 Å². The molecule has 1 nitrogen and oxygen atoms in total. The Kier molecular flexibility index (Phi) is 5.24. The van der Waals surface area contributed by atoms with Crippen molar-refractivity contribution in [3.8, 4) is 5.75 Å². The van der Waals surface area contributed by atoms with E-state index in [9.17, 15) is 8.78 Å². The van der Waals surface area contributed by atoms with E-state index in [1.54, 1.807) is 6.07 Å². The third kappa shape index (κ3) is 3.62. The van der Waals surface area contributed by atoms with Crippen molar-refractivity contribution in [1.29, 1.82) is 0 Å². The van der Waals surface area contributed by atoms with E-state index in [0.29, 0.717) is 21.1 Å². The van der Waals surface area contributed by atoms with Gasteiger partial charge in [-0.25, -0.2) is 8.78 Å². The molecule has 106 valence electrons. The average Bonchev–Trinajstić information content (AvgIpc) is 2.40. The molecule has 0 aliphatic rings. The zero-order valence-corrected chi connectivity index (χ0v) is 13.2. The summed E-state index contributed by atoms with van der Waals surface area (Å²) in [6.45, 7) is -0.120. The summed E-state index contributed by atoms with van der Waals surface area (Å²) in [5.41, 5.74) is 0.857. The van der Waals surface area contributed by atoms with Crippen molar-refractivity contribution >= 4 is 39.1 Å². The quantitative estimate of drug-likeness (QED) is 0.613. The normalized spacial score (nSPS) is 10.7. The Labute approximate surface area is 133 Å². The highest BCUT2D eigenvalue weighted by atomic mass is 79.9. The van der Waals surface area contributed by atoms with E-state index < -0.39 is 11.6 Å². The number of benzene rings is 2. The lowest BCUT2D eigenvalue weighted by atomic mass is 10.2. The summed E-state index contributed by atoms with van der Waals surface area (Å²) in [5.74, 6) is -0.651. The zero-order valence-electron chi connectivity index (χ0n) is 10.1. The smallest absolute Gasteiger partial charge is 0.142 e. The third-order valence-electron chi connectivity index (χ3n) is 2.61. The van der Waals surface area contributed by atoms with E-state index in [-0.39, 0.29) is 12.2 Å². The first-order valence-electron chi connectivity index (χ1n) is 5.62. The minimum atomic E-state index is -0.531. The van der Waals surface area contributed by atoms with Crippen molar-refractivity contribution in [2.45, 2.75) is 11.9 Å². The van der Waals surface area contributed by atoms with Crippen molar-refractivity contribution in [2.24, 2.45) is 0 Å². The second-order valence-electron chi connectivity index (χ2n) is 4.03. The molecule has 0 fully saturated rings. The van der Waals surface area contributed by atoms with E-state index in [4.69, 9.17) is 27.9 Å². The second-order valence-corrected chi connectivity index (χ2v) is 5.44. The first-order valence-corrected chi connectivity index (χ1v) is 7.49. The Morgan fingerprint density at radius 1 is 1.05 bits per heavy atom. The molecule has 6 heteroatoms. The molecule has 2 aromatic rings. The van der Waals surface area contributed by atoms with Crippen LogP contribution in [-0.4, -0.2) is 0 Å². The lowest BCUT2D eigenvalue weighted by Gasteiger charge is -2.13. The lowest BCUT2D eigenvalue weighted by Crippen LogP contribution is -2.01. The molecule has 0 unspecified atom stereocenters. The minimum absolute atomic E-state index is 0.120. The van der Waals surface area contributed by atoms with Crippen LogP contribution in [0.4, 0.5) is 8.78 Å². The number of hydrogen-bond donors (Lipinski definition) is 0. The topological polar surface area (TPSA) is 9.23 Å². The van der Waals surface area contributed by atoms with Crippen LogP contribution < -0.4 is 4.74 Å². The Morgan fingerprint density at radius 2 is 1.80 bits per heavy atom. The van der Waals surface area contributed by atoms with E-state index in [1.165, 1.54) is 6.07 Å². The summed E-state index contributed by atoms with van der Waals surface area (Å²) >= 11 is 15.2. The highest BCUT2D eigenvalue weighted by Crippen LogP contribution is 2.34. The van der Waals surface area contributed by atoms with E-state index in [2.05, 4.69) is 15.9 Å². The van der Waals surface area contributed by atoms with Gasteiger partial charge in [-0.05, 0) is 30.3 Å². The molecule has 0 atom stereocenters. The van der Waals surface area contributed by atoms with Gasteiger partial charge in [0.15, 0.2) is 0 Å². The molecule has 0 amide bonds. The molecule has 0 aliphatic heterocycles. The second kappa shape index (κ2) is 6.74. The van der Waals surface area contributed by atoms with Gasteiger partial charge in [0.1, 0.15) is 24.0 Å². The molecular weight excluding hydrogens is 373 g/mol. The van der Waals surface area contributed by atoms with Crippen molar-refractivity contribution in [2.75, 3.05) is 0 Å². The molecular formula is C14H9BrCl2F2O. The molecule has 0 radical (unpaired) electrons. The largest absolute Gasteiger partial charge is 0.487 e. The van der Waals surface area contributed by atoms with Gasteiger partial charge < -0.3 is 4.74 Å². The van der Waals surface area contributed by atoms with Gasteiger partial charge in [0.05, 0.1) is 5.02 Å². The van der Waals surface area contributed by atoms with Crippen LogP contribution in [0.15, 0.2) is 30.3 Å². The molecule has 0 saturated carbocycles. The highest BCUT2D eigenvalue weighted by molar-refractivity contribution is 9.08. The summed E-state index contributed by atoms with van der Waals surface area (Å²) in [7, 11) is 0. The van der Waals surface area contributed by atoms with Crippen molar-refractivity contribution in [3.63, 3.8) is 0 Å². The molecule has 20 heavy (non-hydrogen) atoms. The summed E-state index contributed by atoms with van der Waals surface area (Å²) < 4.78 is 32.1. The Morgan fingerprint density at radius 3 is 2.50 bits per heavy atom. The van der Waals surface area contributed by atoms with Gasteiger partial charge in [-0.2, -0.15) is 0 Å². The monoisotopic (exact) mass is 380 g/mol. The van der Waals surface area contributed by atoms with E-state index >= 15 is 0 Å². The molecule has 0 bridgehead atoms. The fourth-order valence-corrected chi connectivity index (χ4v) is 2.69. The number of hydrogen-bond acceptors (Lipinski definition) is 1. The van der Waals surface area contributed by atoms with Crippen LogP contribution in [0.25, 0.3) is 0 Å². The van der Waals surface area contributed by atoms with Crippen LogP contribution >= 0.6 is 39.1 Å². The van der Waals surface area contributed by atoms with Gasteiger partial charge in [0.2, 0.25) is 0 Å². The van der Waals surface area contributed by atoms with Gasteiger partial charge in [-0.3, -0.25) is 0 Å². The standard InChI is InChI=1S/C14H9BrCl2F2O/c15-6-8-3-10(16)5-12(17)14(8)20-7-9-4-11(18)1-2-13(9)19/h1-5H,6-7H2. The van der Waals surface area contributed by atoms with Crippen LogP contribution in [-0.2, 0) is 11.9 Å². The van der Waals surface area contributed by atoms with Gasteiger partial charge in [0, 0.05) is 21.5 Å². The molecule has 0 aromatic heterocycles. The molecule has 2 rings (SSSR count). The zero-order chi connectivity index (χ0) is 14.7. The summed E-state index contributed by atoms with van der Waals surface area (Å²) in [4.78, 5) is 0. The van der Waals surface area contributed by atoms with Crippen LogP contribution in [0, 0.1) is 11.6 Å². The highest BCUT2D eigenvalue weighted by Gasteiger charge is 2.12. The Balaban J connectivity index is 2.25. The summed E-state index contributed by atoms with van der Waals surface area (Å²) in [6.07, 6.45) is 0. The van der Waals surface area contributed by atoms with Gasteiger partial charge in [-0.15, -0.1) is 0 Å². The molecule has 2 aromatic carbocycles. The van der Waals surface area contributed by atoms with Crippen LogP contribution in [0.3, 0.4) is 0 Å². The number of ether oxygens (including phenoxy) is 1. The molecule has 0 spiro atoms. The first-order chi connectivity index (χ1) is 9.51. The summed E-state index contributed by atoms with van der Waals surface area (Å²) in [5, 5.41) is 1.28. The minimum Gasteiger partial charge on any atom is -0.487 e. The molecule has 0 heterocycles. The van der Waals surface area contributed by atoms with Crippen LogP contribution in [0.1, 0.15) is 11.1 Å². The number of rotatable bonds is 4. The average molecular weight is 382 g/mol. The third-order valence-corrected chi connectivity index (χ3v) is 3.71. The van der Waals surface area contributed by atoms with Crippen LogP contribution in [0.2, 0.25) is 10.0 Å². The SMILES string of the molecule is Fc1ccc(F)c(COc2c(Cl)cc(Cl)cc2CBr)c1. The maximum Gasteiger partial charge on any atom is 0.142 e. The molecule has 0 saturated heterocycles. The fourth-order valence-electron chi connectivity index (χ4n) is 1.68. The number of alkyl halides is 1. The van der Waals surface area contributed by atoms with Crippen molar-refractivity contribution < 1.29 is 13.5 Å². The summed E-state index contributed by atoms with van der Waals surface area (Å²) in [6, 6.07) is 6.43. The Hall–Kier alpha value is -0.840. The van der Waals surface area contributed by atoms with E-state index in [1.807, 2.05) is 0 Å². The van der Waals surface area contributed by atoms with E-state index in [0.717, 1.165) is 23.8 Å². The Bertz CT molecular complexity index is 635. The predicted molar refractivity (Wildman–Crippen MR) is 79.8 cm³/mol. The van der Waals surface area contributed by atoms with Gasteiger partial charge in [-0.1, -0.05) is 39.1 Å². The fraction of sp³-hybridized carbons (Fsp3) is 0.143. The van der Waals surface area contributed by atoms with Gasteiger partial charge >= 0.3 is 0 Å². The molecule has 0 aliphatic carbocycles. The lowest BCUT2D eigenvalue weighted by molar-refractivity contribution is 0.297.